The molecule has 114 valence electrons. The van der Waals surface area contributed by atoms with E-state index < -0.39 is 10.8 Å². The average molecular weight is 302 g/mol. The van der Waals surface area contributed by atoms with Crippen LogP contribution in [0.4, 0.5) is 0 Å². The van der Waals surface area contributed by atoms with Crippen molar-refractivity contribution in [3.8, 4) is 0 Å². The van der Waals surface area contributed by atoms with Crippen molar-refractivity contribution in [1.29, 1.82) is 0 Å². The summed E-state index contributed by atoms with van der Waals surface area (Å²) in [6, 6.07) is 6.75. The summed E-state index contributed by atoms with van der Waals surface area (Å²) in [7, 11) is -0.624. The zero-order valence-electron chi connectivity index (χ0n) is 13.6. The van der Waals surface area contributed by atoms with E-state index in [4.69, 9.17) is 0 Å². The normalized spacial score (nSPS) is 28.3. The van der Waals surface area contributed by atoms with Gasteiger partial charge in [-0.25, -0.2) is 0 Å². The Labute approximate surface area is 131 Å². The highest BCUT2D eigenvalue weighted by Crippen LogP contribution is 2.42. The van der Waals surface area contributed by atoms with Gasteiger partial charge < -0.3 is 0 Å². The third-order valence-corrected chi connectivity index (χ3v) is 6.96. The third-order valence-electron chi connectivity index (χ3n) is 4.93. The van der Waals surface area contributed by atoms with E-state index in [0.29, 0.717) is 22.3 Å². The van der Waals surface area contributed by atoms with Gasteiger partial charge in [0.15, 0.2) is 0 Å². The molecular formula is C19H26OS. The van der Waals surface area contributed by atoms with Gasteiger partial charge in [0.05, 0.1) is 5.25 Å². The van der Waals surface area contributed by atoms with Crippen molar-refractivity contribution in [3.05, 3.63) is 41.0 Å². The lowest BCUT2D eigenvalue weighted by Crippen LogP contribution is -2.21. The van der Waals surface area contributed by atoms with Crippen LogP contribution in [0.1, 0.15) is 75.5 Å². The maximum Gasteiger partial charge on any atom is 0.0536 e. The minimum absolute atomic E-state index is 0.305. The van der Waals surface area contributed by atoms with E-state index in [1.165, 1.54) is 22.3 Å². The van der Waals surface area contributed by atoms with Gasteiger partial charge in [-0.15, -0.1) is 0 Å². The Balaban J connectivity index is 2.13. The highest BCUT2D eigenvalue weighted by molar-refractivity contribution is 7.86. The molecule has 2 aliphatic heterocycles. The standard InChI is InChI=1S/C19H26OS/c1-12(2)17-6-5-7-18(13(3)4)19(17)14-10-15-8-9-16(11-14)21(15)20/h5-7,10,12-13,15-16H,8-9,11H2,1-4H3. The monoisotopic (exact) mass is 302 g/mol. The molecule has 3 rings (SSSR count). The van der Waals surface area contributed by atoms with Crippen LogP contribution in [0.15, 0.2) is 24.3 Å². The average Bonchev–Trinajstić information content (AvgIpc) is 2.67. The van der Waals surface area contributed by atoms with Gasteiger partial charge >= 0.3 is 0 Å². The highest BCUT2D eigenvalue weighted by Gasteiger charge is 2.37. The molecule has 1 aromatic rings. The molecule has 1 fully saturated rings. The molecule has 0 spiro atoms. The molecule has 1 aromatic carbocycles. The number of benzene rings is 1. The molecule has 0 radical (unpaired) electrons. The Morgan fingerprint density at radius 3 is 2.19 bits per heavy atom. The molecule has 2 heterocycles. The van der Waals surface area contributed by atoms with Crippen LogP contribution >= 0.6 is 0 Å². The summed E-state index contributed by atoms with van der Waals surface area (Å²) < 4.78 is 12.3. The molecule has 0 saturated carbocycles. The van der Waals surface area contributed by atoms with Gasteiger partial charge in [-0.1, -0.05) is 52.0 Å². The molecule has 1 saturated heterocycles. The first-order valence-electron chi connectivity index (χ1n) is 8.22. The van der Waals surface area contributed by atoms with E-state index >= 15 is 0 Å². The van der Waals surface area contributed by atoms with Crippen molar-refractivity contribution in [2.24, 2.45) is 0 Å². The first-order valence-corrected chi connectivity index (χ1v) is 9.50. The van der Waals surface area contributed by atoms with Crippen LogP contribution in [0.3, 0.4) is 0 Å². The second kappa shape index (κ2) is 5.72. The number of allylic oxidation sites excluding steroid dienone is 1. The zero-order chi connectivity index (χ0) is 15.1. The summed E-state index contributed by atoms with van der Waals surface area (Å²) in [6.45, 7) is 9.11. The maximum absolute atomic E-state index is 12.3. The number of hydrogen-bond donors (Lipinski definition) is 0. The van der Waals surface area contributed by atoms with Gasteiger partial charge in [0.2, 0.25) is 0 Å². The zero-order valence-corrected chi connectivity index (χ0v) is 14.4. The van der Waals surface area contributed by atoms with Crippen LogP contribution in [0.5, 0.6) is 0 Å². The Hall–Kier alpha value is -0.890. The SMILES string of the molecule is CC(C)c1cccc(C(C)C)c1C1=CC2CCC(C1)S2=O. The van der Waals surface area contributed by atoms with Crippen LogP contribution in [0.25, 0.3) is 5.57 Å². The maximum atomic E-state index is 12.3. The predicted octanol–water partition coefficient (Wildman–Crippen LogP) is 5.00. The fourth-order valence-corrected chi connectivity index (χ4v) is 5.68. The van der Waals surface area contributed by atoms with Crippen LogP contribution in [-0.2, 0) is 10.8 Å². The largest absolute Gasteiger partial charge is 0.259 e. The number of hydrogen-bond acceptors (Lipinski definition) is 1. The minimum Gasteiger partial charge on any atom is -0.259 e. The quantitative estimate of drug-likeness (QED) is 0.768. The van der Waals surface area contributed by atoms with Gasteiger partial charge in [0.25, 0.3) is 0 Å². The van der Waals surface area contributed by atoms with Crippen LogP contribution in [-0.4, -0.2) is 14.7 Å². The van der Waals surface area contributed by atoms with Crippen LogP contribution in [0.2, 0.25) is 0 Å². The first kappa shape index (κ1) is 15.0. The molecule has 3 atom stereocenters. The number of fused-ring (bicyclic) bond motifs is 2. The van der Waals surface area contributed by atoms with E-state index in [1.807, 2.05) is 0 Å². The van der Waals surface area contributed by atoms with Crippen molar-refractivity contribution in [2.45, 2.75) is 69.3 Å². The molecule has 1 nitrogen and oxygen atoms in total. The van der Waals surface area contributed by atoms with Crippen molar-refractivity contribution >= 4 is 16.4 Å². The number of rotatable bonds is 3. The first-order chi connectivity index (χ1) is 9.99. The summed E-state index contributed by atoms with van der Waals surface area (Å²) in [5, 5.41) is 0.703. The van der Waals surface area contributed by atoms with Gasteiger partial charge in [0, 0.05) is 16.0 Å². The summed E-state index contributed by atoms with van der Waals surface area (Å²) in [5.41, 5.74) is 5.85. The predicted molar refractivity (Wildman–Crippen MR) is 92.2 cm³/mol. The topological polar surface area (TPSA) is 17.1 Å². The molecule has 2 bridgehead atoms. The van der Waals surface area contributed by atoms with Crippen molar-refractivity contribution in [3.63, 3.8) is 0 Å². The minimum atomic E-state index is -0.624. The molecule has 21 heavy (non-hydrogen) atoms. The molecule has 2 heteroatoms. The smallest absolute Gasteiger partial charge is 0.0536 e. The van der Waals surface area contributed by atoms with Gasteiger partial charge in [-0.2, -0.15) is 0 Å². The highest BCUT2D eigenvalue weighted by atomic mass is 32.2. The van der Waals surface area contributed by atoms with E-state index in [0.717, 1.165) is 19.3 Å². The second-order valence-corrected chi connectivity index (χ2v) is 9.01. The van der Waals surface area contributed by atoms with Gasteiger partial charge in [-0.3, -0.25) is 4.21 Å². The molecule has 0 N–H and O–H groups in total. The van der Waals surface area contributed by atoms with Gasteiger partial charge in [-0.05, 0) is 53.4 Å². The fraction of sp³-hybridized carbons (Fsp3) is 0.579. The van der Waals surface area contributed by atoms with E-state index in [1.54, 1.807) is 0 Å². The third kappa shape index (κ3) is 2.63. The van der Waals surface area contributed by atoms with Crippen LogP contribution < -0.4 is 0 Å². The van der Waals surface area contributed by atoms with Crippen molar-refractivity contribution in [1.82, 2.24) is 0 Å². The summed E-state index contributed by atoms with van der Waals surface area (Å²) in [5.74, 6) is 1.06. The van der Waals surface area contributed by atoms with Gasteiger partial charge in [0.1, 0.15) is 0 Å². The lowest BCUT2D eigenvalue weighted by Gasteiger charge is -2.26. The van der Waals surface area contributed by atoms with Crippen molar-refractivity contribution in [2.75, 3.05) is 0 Å². The van der Waals surface area contributed by atoms with E-state index in [-0.39, 0.29) is 0 Å². The molecular weight excluding hydrogens is 276 g/mol. The van der Waals surface area contributed by atoms with Crippen molar-refractivity contribution < 1.29 is 4.21 Å². The van der Waals surface area contributed by atoms with E-state index in [9.17, 15) is 4.21 Å². The molecule has 0 amide bonds. The molecule has 2 aliphatic rings. The summed E-state index contributed by atoms with van der Waals surface area (Å²) in [6.07, 6.45) is 5.60. The Bertz CT molecular complexity index is 571. The molecule has 3 unspecified atom stereocenters. The molecule has 0 aliphatic carbocycles. The Morgan fingerprint density at radius 1 is 1.05 bits per heavy atom. The molecule has 0 aromatic heterocycles. The van der Waals surface area contributed by atoms with E-state index in [2.05, 4.69) is 52.0 Å². The summed E-state index contributed by atoms with van der Waals surface area (Å²) in [4.78, 5) is 0. The summed E-state index contributed by atoms with van der Waals surface area (Å²) >= 11 is 0. The lowest BCUT2D eigenvalue weighted by atomic mass is 9.83. The lowest BCUT2D eigenvalue weighted by molar-refractivity contribution is 0.674. The fourth-order valence-electron chi connectivity index (χ4n) is 3.81. The Kier molecular flexibility index (Phi) is 4.09. The Morgan fingerprint density at radius 2 is 1.67 bits per heavy atom. The second-order valence-electron chi connectivity index (χ2n) is 7.08. The van der Waals surface area contributed by atoms with Crippen LogP contribution in [0, 0.1) is 0 Å².